The number of alkyl halides is 1. The van der Waals surface area contributed by atoms with E-state index < -0.39 is 5.67 Å². The summed E-state index contributed by atoms with van der Waals surface area (Å²) in [5.74, 6) is 1.33. The predicted molar refractivity (Wildman–Crippen MR) is 41.7 cm³/mol. The lowest BCUT2D eigenvalue weighted by Crippen LogP contribution is -2.41. The Labute approximate surface area is 62.8 Å². The van der Waals surface area contributed by atoms with Gasteiger partial charge < -0.3 is 0 Å². The second-order valence-corrected chi connectivity index (χ2v) is 3.92. The van der Waals surface area contributed by atoms with Gasteiger partial charge in [-0.25, -0.2) is 4.39 Å². The summed E-state index contributed by atoms with van der Waals surface area (Å²) >= 11 is 0. The van der Waals surface area contributed by atoms with Gasteiger partial charge in [0.1, 0.15) is 5.67 Å². The maximum Gasteiger partial charge on any atom is 0.111 e. The van der Waals surface area contributed by atoms with E-state index in [9.17, 15) is 4.39 Å². The molecule has 0 atom stereocenters. The van der Waals surface area contributed by atoms with Crippen molar-refractivity contribution in [3.05, 3.63) is 0 Å². The van der Waals surface area contributed by atoms with E-state index in [4.69, 9.17) is 0 Å². The van der Waals surface area contributed by atoms with Crippen molar-refractivity contribution in [2.24, 2.45) is 11.8 Å². The summed E-state index contributed by atoms with van der Waals surface area (Å²) in [6.07, 6.45) is 2.32. The number of halogens is 1. The standard InChI is InChI=1S/C9H17F/c1-4-9(10)5-8(6-9)7(2)3/h7-8H,4-6H2,1-3H3. The minimum absolute atomic E-state index is 0.657. The normalized spacial score (nSPS) is 39.9. The van der Waals surface area contributed by atoms with Gasteiger partial charge in [0.25, 0.3) is 0 Å². The molecule has 60 valence electrons. The molecule has 0 unspecified atom stereocenters. The lowest BCUT2D eigenvalue weighted by molar-refractivity contribution is -0.0165. The van der Waals surface area contributed by atoms with Crippen LogP contribution in [0.15, 0.2) is 0 Å². The van der Waals surface area contributed by atoms with Crippen molar-refractivity contribution >= 4 is 0 Å². The SMILES string of the molecule is CCC1(F)CC(C(C)C)C1. The summed E-state index contributed by atoms with van der Waals surface area (Å²) in [5, 5.41) is 0. The molecule has 1 aliphatic rings. The molecule has 0 amide bonds. The second-order valence-electron chi connectivity index (χ2n) is 3.92. The van der Waals surface area contributed by atoms with Crippen LogP contribution in [-0.2, 0) is 0 Å². The molecule has 0 aromatic carbocycles. The van der Waals surface area contributed by atoms with Crippen molar-refractivity contribution in [1.29, 1.82) is 0 Å². The smallest absolute Gasteiger partial charge is 0.111 e. The van der Waals surface area contributed by atoms with Crippen molar-refractivity contribution in [3.63, 3.8) is 0 Å². The molecule has 1 rings (SSSR count). The van der Waals surface area contributed by atoms with Crippen LogP contribution in [0.5, 0.6) is 0 Å². The number of hydrogen-bond donors (Lipinski definition) is 0. The van der Waals surface area contributed by atoms with Crippen LogP contribution in [0, 0.1) is 11.8 Å². The highest BCUT2D eigenvalue weighted by atomic mass is 19.1. The Morgan fingerprint density at radius 3 is 2.30 bits per heavy atom. The summed E-state index contributed by atoms with van der Waals surface area (Å²) in [6, 6.07) is 0. The van der Waals surface area contributed by atoms with Gasteiger partial charge in [0.05, 0.1) is 0 Å². The Bertz CT molecular complexity index is 112. The van der Waals surface area contributed by atoms with Crippen molar-refractivity contribution in [2.75, 3.05) is 0 Å². The zero-order chi connectivity index (χ0) is 7.78. The van der Waals surface area contributed by atoms with Gasteiger partial charge in [-0.2, -0.15) is 0 Å². The molecule has 10 heavy (non-hydrogen) atoms. The molecule has 0 saturated heterocycles. The average molecular weight is 144 g/mol. The van der Waals surface area contributed by atoms with E-state index in [0.717, 1.165) is 12.8 Å². The van der Waals surface area contributed by atoms with Crippen LogP contribution >= 0.6 is 0 Å². The van der Waals surface area contributed by atoms with Crippen LogP contribution in [0.4, 0.5) is 4.39 Å². The van der Waals surface area contributed by atoms with Crippen LogP contribution in [0.1, 0.15) is 40.0 Å². The van der Waals surface area contributed by atoms with E-state index in [1.807, 2.05) is 6.92 Å². The quantitative estimate of drug-likeness (QED) is 0.558. The number of rotatable bonds is 2. The maximum absolute atomic E-state index is 13.2. The van der Waals surface area contributed by atoms with Gasteiger partial charge in [0, 0.05) is 0 Å². The van der Waals surface area contributed by atoms with Gasteiger partial charge in [-0.3, -0.25) is 0 Å². The molecule has 0 bridgehead atoms. The molecule has 1 saturated carbocycles. The molecule has 1 aliphatic carbocycles. The Morgan fingerprint density at radius 2 is 2.00 bits per heavy atom. The van der Waals surface area contributed by atoms with E-state index in [2.05, 4.69) is 13.8 Å². The highest BCUT2D eigenvalue weighted by molar-refractivity contribution is 4.94. The molecule has 0 aromatic rings. The minimum Gasteiger partial charge on any atom is -0.244 e. The molecule has 0 N–H and O–H groups in total. The first-order chi connectivity index (χ1) is 4.57. The lowest BCUT2D eigenvalue weighted by atomic mass is 9.66. The minimum atomic E-state index is -0.783. The van der Waals surface area contributed by atoms with Crippen LogP contribution in [0.25, 0.3) is 0 Å². The van der Waals surface area contributed by atoms with Crippen molar-refractivity contribution in [3.8, 4) is 0 Å². The Balaban J connectivity index is 2.29. The summed E-state index contributed by atoms with van der Waals surface area (Å²) in [7, 11) is 0. The molecular formula is C9H17F. The van der Waals surface area contributed by atoms with Crippen molar-refractivity contribution in [2.45, 2.75) is 45.7 Å². The monoisotopic (exact) mass is 144 g/mol. The first-order valence-corrected chi connectivity index (χ1v) is 4.26. The average Bonchev–Trinajstić information content (AvgIpc) is 1.80. The van der Waals surface area contributed by atoms with Gasteiger partial charge in [-0.15, -0.1) is 0 Å². The Kier molecular flexibility index (Phi) is 2.02. The predicted octanol–water partition coefficient (Wildman–Crippen LogP) is 3.17. The first-order valence-electron chi connectivity index (χ1n) is 4.26. The molecule has 1 fully saturated rings. The molecule has 0 radical (unpaired) electrons. The third-order valence-corrected chi connectivity index (χ3v) is 2.83. The highest BCUT2D eigenvalue weighted by Crippen LogP contribution is 2.46. The molecule has 0 nitrogen and oxygen atoms in total. The van der Waals surface area contributed by atoms with E-state index >= 15 is 0 Å². The summed E-state index contributed by atoms with van der Waals surface area (Å²) in [5.41, 5.74) is -0.783. The van der Waals surface area contributed by atoms with Crippen LogP contribution in [0.3, 0.4) is 0 Å². The first kappa shape index (κ1) is 8.03. The third kappa shape index (κ3) is 1.33. The fraction of sp³-hybridized carbons (Fsp3) is 1.00. The van der Waals surface area contributed by atoms with E-state index in [1.165, 1.54) is 0 Å². The summed E-state index contributed by atoms with van der Waals surface area (Å²) in [4.78, 5) is 0. The third-order valence-electron chi connectivity index (χ3n) is 2.83. The summed E-state index contributed by atoms with van der Waals surface area (Å²) in [6.45, 7) is 6.30. The van der Waals surface area contributed by atoms with Gasteiger partial charge in [-0.05, 0) is 31.1 Å². The topological polar surface area (TPSA) is 0 Å². The fourth-order valence-corrected chi connectivity index (χ4v) is 1.64. The van der Waals surface area contributed by atoms with E-state index in [1.54, 1.807) is 0 Å². The molecule has 0 aromatic heterocycles. The van der Waals surface area contributed by atoms with Gasteiger partial charge >= 0.3 is 0 Å². The van der Waals surface area contributed by atoms with Crippen molar-refractivity contribution in [1.82, 2.24) is 0 Å². The molecule has 0 heterocycles. The largest absolute Gasteiger partial charge is 0.244 e. The molecule has 0 aliphatic heterocycles. The fourth-order valence-electron chi connectivity index (χ4n) is 1.64. The highest BCUT2D eigenvalue weighted by Gasteiger charge is 2.43. The lowest BCUT2D eigenvalue weighted by Gasteiger charge is -2.43. The summed E-state index contributed by atoms with van der Waals surface area (Å²) < 4.78 is 13.2. The zero-order valence-corrected chi connectivity index (χ0v) is 7.15. The van der Waals surface area contributed by atoms with Crippen LogP contribution in [0.2, 0.25) is 0 Å². The number of hydrogen-bond acceptors (Lipinski definition) is 0. The maximum atomic E-state index is 13.2. The van der Waals surface area contributed by atoms with Crippen molar-refractivity contribution < 1.29 is 4.39 Å². The van der Waals surface area contributed by atoms with Gasteiger partial charge in [0.15, 0.2) is 0 Å². The van der Waals surface area contributed by atoms with Crippen LogP contribution in [-0.4, -0.2) is 5.67 Å². The molecule has 1 heteroatoms. The Morgan fingerprint density at radius 1 is 1.50 bits per heavy atom. The van der Waals surface area contributed by atoms with E-state index in [-0.39, 0.29) is 0 Å². The van der Waals surface area contributed by atoms with Gasteiger partial charge in [0.2, 0.25) is 0 Å². The van der Waals surface area contributed by atoms with Crippen LogP contribution < -0.4 is 0 Å². The van der Waals surface area contributed by atoms with E-state index in [0.29, 0.717) is 18.3 Å². The molecule has 0 spiro atoms. The second kappa shape index (κ2) is 2.52. The Hall–Kier alpha value is -0.0700. The molecular weight excluding hydrogens is 127 g/mol. The zero-order valence-electron chi connectivity index (χ0n) is 7.15. The van der Waals surface area contributed by atoms with Gasteiger partial charge in [-0.1, -0.05) is 20.8 Å².